The number of aromatic nitrogens is 1. The molecule has 3 N–H and O–H groups in total. The zero-order chi connectivity index (χ0) is 18.0. The van der Waals surface area contributed by atoms with Crippen LogP contribution < -0.4 is 14.8 Å². The summed E-state index contributed by atoms with van der Waals surface area (Å²) in [7, 11) is 0. The number of benzene rings is 1. The lowest BCUT2D eigenvalue weighted by Gasteiger charge is -2.14. The van der Waals surface area contributed by atoms with E-state index in [1.54, 1.807) is 0 Å². The molecule has 0 bridgehead atoms. The molecule has 3 rings (SSSR count). The normalized spacial score (nSPS) is 13.6. The van der Waals surface area contributed by atoms with Crippen LogP contribution in [0.2, 0.25) is 0 Å². The van der Waals surface area contributed by atoms with Gasteiger partial charge in [-0.1, -0.05) is 0 Å². The number of hydrogen-bond acceptors (Lipinski definition) is 6. The van der Waals surface area contributed by atoms with E-state index in [1.807, 2.05) is 0 Å². The van der Waals surface area contributed by atoms with Gasteiger partial charge in [-0.3, -0.25) is 9.78 Å². The maximum atomic E-state index is 12.6. The van der Waals surface area contributed by atoms with Crippen molar-refractivity contribution in [3.05, 3.63) is 36.2 Å². The number of pyridine rings is 1. The number of hydrogen-bond donors (Lipinski definition) is 3. The summed E-state index contributed by atoms with van der Waals surface area (Å²) < 4.78 is 35.1. The summed E-state index contributed by atoms with van der Waals surface area (Å²) in [5, 5.41) is 21.5. The topological polar surface area (TPSA) is 101 Å². The van der Waals surface area contributed by atoms with E-state index in [4.69, 9.17) is 4.74 Å². The molecule has 1 heterocycles. The lowest BCUT2D eigenvalue weighted by Crippen LogP contribution is -2.13. The van der Waals surface area contributed by atoms with Gasteiger partial charge >= 0.3 is 6.61 Å². The van der Waals surface area contributed by atoms with Crippen molar-refractivity contribution in [2.45, 2.75) is 25.6 Å². The monoisotopic (exact) mass is 352 g/mol. The second-order valence-corrected chi connectivity index (χ2v) is 5.36. The third-order valence-corrected chi connectivity index (χ3v) is 3.38. The third kappa shape index (κ3) is 4.06. The van der Waals surface area contributed by atoms with Crippen LogP contribution in [0.4, 0.5) is 14.5 Å². The van der Waals surface area contributed by atoms with Crippen molar-refractivity contribution in [2.24, 2.45) is 0 Å². The van der Waals surface area contributed by atoms with E-state index in [-0.39, 0.29) is 28.9 Å². The van der Waals surface area contributed by atoms with Gasteiger partial charge in [-0.05, 0) is 31.0 Å². The Kier molecular flexibility index (Phi) is 4.55. The predicted octanol–water partition coefficient (Wildman–Crippen LogP) is 2.89. The van der Waals surface area contributed by atoms with Gasteiger partial charge in [-0.15, -0.1) is 0 Å². The minimum Gasteiger partial charge on any atom is -0.504 e. The molecule has 1 amide bonds. The van der Waals surface area contributed by atoms with Crippen molar-refractivity contribution in [3.63, 3.8) is 0 Å². The van der Waals surface area contributed by atoms with Crippen molar-refractivity contribution in [1.82, 2.24) is 4.98 Å². The molecule has 25 heavy (non-hydrogen) atoms. The standard InChI is InChI=1S/C16H14F2N2O5/c17-16(18)25-13-5-8(1-4-12(13)24-9-2-3-9)15(23)20-14-10(21)6-19-7-11(14)22/h1,4-7,9,16,21-22H,2-3H2,(H,19,20,23). The third-order valence-electron chi connectivity index (χ3n) is 3.38. The predicted molar refractivity (Wildman–Crippen MR) is 82.2 cm³/mol. The van der Waals surface area contributed by atoms with Crippen LogP contribution >= 0.6 is 0 Å². The fraction of sp³-hybridized carbons (Fsp3) is 0.250. The molecule has 1 fully saturated rings. The second kappa shape index (κ2) is 6.80. The Hall–Kier alpha value is -3.10. The number of amides is 1. The van der Waals surface area contributed by atoms with E-state index in [0.717, 1.165) is 31.3 Å². The first kappa shape index (κ1) is 16.7. The maximum Gasteiger partial charge on any atom is 0.387 e. The quantitative estimate of drug-likeness (QED) is 0.739. The van der Waals surface area contributed by atoms with Crippen LogP contribution in [-0.2, 0) is 0 Å². The fourth-order valence-electron chi connectivity index (χ4n) is 2.05. The Morgan fingerprint density at radius 1 is 1.20 bits per heavy atom. The molecule has 0 aliphatic heterocycles. The number of halogens is 2. The van der Waals surface area contributed by atoms with E-state index in [9.17, 15) is 23.8 Å². The van der Waals surface area contributed by atoms with Gasteiger partial charge in [-0.2, -0.15) is 8.78 Å². The molecule has 7 nitrogen and oxygen atoms in total. The van der Waals surface area contributed by atoms with Gasteiger partial charge < -0.3 is 25.0 Å². The first-order valence-electron chi connectivity index (χ1n) is 7.37. The molecule has 1 aromatic carbocycles. The average Bonchev–Trinajstić information content (AvgIpc) is 3.36. The Balaban J connectivity index is 1.84. The van der Waals surface area contributed by atoms with Crippen molar-refractivity contribution >= 4 is 11.6 Å². The highest BCUT2D eigenvalue weighted by Gasteiger charge is 2.26. The smallest absolute Gasteiger partial charge is 0.387 e. The molecular weight excluding hydrogens is 338 g/mol. The van der Waals surface area contributed by atoms with E-state index in [1.165, 1.54) is 12.1 Å². The summed E-state index contributed by atoms with van der Waals surface area (Å²) in [5.41, 5.74) is -0.260. The SMILES string of the molecule is O=C(Nc1c(O)cncc1O)c1ccc(OC2CC2)c(OC(F)F)c1. The molecule has 1 aromatic heterocycles. The highest BCUT2D eigenvalue weighted by atomic mass is 19.3. The number of aromatic hydroxyl groups is 2. The molecule has 1 aliphatic rings. The minimum absolute atomic E-state index is 0.0191. The number of nitrogens with one attached hydrogen (secondary N) is 1. The molecule has 0 spiro atoms. The van der Waals surface area contributed by atoms with Crippen molar-refractivity contribution < 1.29 is 33.3 Å². The lowest BCUT2D eigenvalue weighted by molar-refractivity contribution is -0.0516. The molecule has 9 heteroatoms. The highest BCUT2D eigenvalue weighted by Crippen LogP contribution is 2.36. The van der Waals surface area contributed by atoms with Crippen LogP contribution in [-0.4, -0.2) is 33.8 Å². The van der Waals surface area contributed by atoms with Gasteiger partial charge in [0.05, 0.1) is 18.5 Å². The highest BCUT2D eigenvalue weighted by molar-refractivity contribution is 6.06. The number of carbonyl (C=O) groups excluding carboxylic acids is 1. The van der Waals surface area contributed by atoms with Gasteiger partial charge in [0.25, 0.3) is 5.91 Å². The molecule has 2 aromatic rings. The number of alkyl halides is 2. The molecule has 1 aliphatic carbocycles. The molecule has 1 saturated carbocycles. The van der Waals surface area contributed by atoms with E-state index >= 15 is 0 Å². The second-order valence-electron chi connectivity index (χ2n) is 5.36. The zero-order valence-corrected chi connectivity index (χ0v) is 12.8. The summed E-state index contributed by atoms with van der Waals surface area (Å²) in [6.07, 6.45) is 3.69. The van der Waals surface area contributed by atoms with Gasteiger partial charge in [0, 0.05) is 5.56 Å². The number of nitrogens with zero attached hydrogens (tertiary/aromatic N) is 1. The van der Waals surface area contributed by atoms with Crippen molar-refractivity contribution in [3.8, 4) is 23.0 Å². The van der Waals surface area contributed by atoms with Gasteiger partial charge in [0.2, 0.25) is 0 Å². The number of anilines is 1. The summed E-state index contributed by atoms with van der Waals surface area (Å²) in [6, 6.07) is 3.83. The van der Waals surface area contributed by atoms with Crippen molar-refractivity contribution in [1.29, 1.82) is 0 Å². The van der Waals surface area contributed by atoms with Gasteiger partial charge in [0.15, 0.2) is 23.0 Å². The summed E-state index contributed by atoms with van der Waals surface area (Å²) in [4.78, 5) is 15.8. The Bertz CT molecular complexity index is 776. The van der Waals surface area contributed by atoms with Gasteiger partial charge in [0.1, 0.15) is 5.69 Å². The fourth-order valence-corrected chi connectivity index (χ4v) is 2.05. The van der Waals surface area contributed by atoms with Crippen LogP contribution in [0, 0.1) is 0 Å². The molecule has 132 valence electrons. The summed E-state index contributed by atoms with van der Waals surface area (Å²) in [6.45, 7) is -3.08. The largest absolute Gasteiger partial charge is 0.504 e. The molecule has 0 unspecified atom stereocenters. The van der Waals surface area contributed by atoms with Gasteiger partial charge in [-0.25, -0.2) is 0 Å². The molecule has 0 radical (unpaired) electrons. The van der Waals surface area contributed by atoms with E-state index in [0.29, 0.717) is 0 Å². The van der Waals surface area contributed by atoms with E-state index < -0.39 is 24.0 Å². The Morgan fingerprint density at radius 3 is 2.48 bits per heavy atom. The first-order chi connectivity index (χ1) is 11.9. The first-order valence-corrected chi connectivity index (χ1v) is 7.37. The van der Waals surface area contributed by atoms with E-state index in [2.05, 4.69) is 15.0 Å². The number of ether oxygens (including phenoxy) is 2. The summed E-state index contributed by atoms with van der Waals surface area (Å²) in [5.74, 6) is -1.77. The number of carbonyl (C=O) groups is 1. The van der Waals surface area contributed by atoms with Crippen LogP contribution in [0.15, 0.2) is 30.6 Å². The maximum absolute atomic E-state index is 12.6. The molecule has 0 atom stereocenters. The minimum atomic E-state index is -3.08. The zero-order valence-electron chi connectivity index (χ0n) is 12.8. The Labute approximate surface area is 140 Å². The van der Waals surface area contributed by atoms with Crippen molar-refractivity contribution in [2.75, 3.05) is 5.32 Å². The summed E-state index contributed by atoms with van der Waals surface area (Å²) >= 11 is 0. The number of rotatable bonds is 6. The Morgan fingerprint density at radius 2 is 1.88 bits per heavy atom. The van der Waals surface area contributed by atoms with Crippen LogP contribution in [0.5, 0.6) is 23.0 Å². The molecular formula is C16H14F2N2O5. The molecule has 0 saturated heterocycles. The van der Waals surface area contributed by atoms with Crippen LogP contribution in [0.3, 0.4) is 0 Å². The van der Waals surface area contributed by atoms with Crippen LogP contribution in [0.25, 0.3) is 0 Å². The average molecular weight is 352 g/mol. The van der Waals surface area contributed by atoms with Crippen LogP contribution in [0.1, 0.15) is 23.2 Å². The lowest BCUT2D eigenvalue weighted by atomic mass is 10.2.